The molecule has 2 N–H and O–H groups in total. The van der Waals surface area contributed by atoms with Crippen LogP contribution in [0.5, 0.6) is 0 Å². The number of rotatable bonds is 6. The maximum Gasteiger partial charge on any atom is 0.152 e. The van der Waals surface area contributed by atoms with Crippen LogP contribution in [0.15, 0.2) is 0 Å². The van der Waals surface area contributed by atoms with Gasteiger partial charge < -0.3 is 9.66 Å². The number of fused-ring (bicyclic) bond motifs is 5. The van der Waals surface area contributed by atoms with Crippen LogP contribution in [0.4, 0.5) is 0 Å². The predicted molar refractivity (Wildman–Crippen MR) is 115 cm³/mol. The van der Waals surface area contributed by atoms with Gasteiger partial charge in [-0.05, 0) is 98.2 Å². The molecule has 9 unspecified atom stereocenters. The third-order valence-corrected chi connectivity index (χ3v) is 10.8. The van der Waals surface area contributed by atoms with Gasteiger partial charge in [0.15, 0.2) is 11.1 Å². The Morgan fingerprint density at radius 1 is 0.929 bits per heavy atom. The van der Waals surface area contributed by atoms with Gasteiger partial charge in [-0.15, -0.1) is 0 Å². The zero-order valence-electron chi connectivity index (χ0n) is 18.1. The molecule has 162 valence electrons. The van der Waals surface area contributed by atoms with E-state index in [4.69, 9.17) is 4.55 Å². The van der Waals surface area contributed by atoms with Gasteiger partial charge in [0, 0.05) is 5.75 Å². The van der Waals surface area contributed by atoms with Crippen LogP contribution in [-0.2, 0) is 11.1 Å². The van der Waals surface area contributed by atoms with Crippen molar-refractivity contribution in [2.24, 2.45) is 40.4 Å². The van der Waals surface area contributed by atoms with Crippen LogP contribution >= 0.6 is 0 Å². The highest BCUT2D eigenvalue weighted by atomic mass is 32.2. The molecule has 0 amide bonds. The highest BCUT2D eigenvalue weighted by molar-refractivity contribution is 7.79. The average Bonchev–Trinajstić information content (AvgIpc) is 2.98. The van der Waals surface area contributed by atoms with Crippen LogP contribution in [0.1, 0.15) is 97.3 Å². The van der Waals surface area contributed by atoms with Gasteiger partial charge in [-0.2, -0.15) is 0 Å². The highest BCUT2D eigenvalue weighted by Gasteiger charge is 2.61. The van der Waals surface area contributed by atoms with Crippen molar-refractivity contribution in [1.82, 2.24) is 0 Å². The van der Waals surface area contributed by atoms with E-state index in [0.29, 0.717) is 22.5 Å². The Kier molecular flexibility index (Phi) is 6.32. The molecule has 9 atom stereocenters. The van der Waals surface area contributed by atoms with E-state index < -0.39 is 11.1 Å². The second kappa shape index (κ2) is 8.30. The minimum absolute atomic E-state index is 0.0657. The molecule has 4 aliphatic rings. The van der Waals surface area contributed by atoms with E-state index in [1.54, 1.807) is 0 Å². The minimum Gasteiger partial charge on any atom is -0.393 e. The second-order valence-corrected chi connectivity index (χ2v) is 12.3. The largest absolute Gasteiger partial charge is 0.393 e. The van der Waals surface area contributed by atoms with Gasteiger partial charge in [0.2, 0.25) is 0 Å². The molecule has 0 saturated heterocycles. The van der Waals surface area contributed by atoms with E-state index in [1.807, 2.05) is 0 Å². The van der Waals surface area contributed by atoms with Crippen LogP contribution in [0.25, 0.3) is 0 Å². The molecule has 28 heavy (non-hydrogen) atoms. The van der Waals surface area contributed by atoms with Crippen LogP contribution in [0, 0.1) is 40.4 Å². The van der Waals surface area contributed by atoms with Crippen molar-refractivity contribution in [3.05, 3.63) is 0 Å². The Morgan fingerprint density at radius 3 is 2.50 bits per heavy atom. The van der Waals surface area contributed by atoms with Crippen molar-refractivity contribution in [2.75, 3.05) is 5.75 Å². The number of unbranched alkanes of at least 4 members (excludes halogenated alkanes) is 2. The Hall–Kier alpha value is 0.0700. The van der Waals surface area contributed by atoms with E-state index in [1.165, 1.54) is 64.2 Å². The molecule has 0 aromatic carbocycles. The fourth-order valence-corrected chi connectivity index (χ4v) is 9.08. The first-order valence-electron chi connectivity index (χ1n) is 12.1. The lowest BCUT2D eigenvalue weighted by Gasteiger charge is -2.62. The first kappa shape index (κ1) is 21.3. The van der Waals surface area contributed by atoms with Crippen molar-refractivity contribution in [3.63, 3.8) is 0 Å². The van der Waals surface area contributed by atoms with Gasteiger partial charge in [0.1, 0.15) is 0 Å². The normalized spacial score (nSPS) is 49.1. The fraction of sp³-hybridized carbons (Fsp3) is 1.00. The quantitative estimate of drug-likeness (QED) is 0.430. The Balaban J connectivity index is 1.43. The second-order valence-electron chi connectivity index (χ2n) is 11.2. The molecule has 4 fully saturated rings. The summed E-state index contributed by atoms with van der Waals surface area (Å²) in [5.74, 6) is 3.99. The molecule has 4 heteroatoms. The number of aliphatic hydroxyl groups excluding tert-OH is 1. The first-order valence-corrected chi connectivity index (χ1v) is 13.4. The summed E-state index contributed by atoms with van der Waals surface area (Å²) < 4.78 is 19.8. The smallest absolute Gasteiger partial charge is 0.152 e. The summed E-state index contributed by atoms with van der Waals surface area (Å²) in [6.45, 7) is 5.14. The molecule has 0 radical (unpaired) electrons. The standard InChI is InChI=1S/C24H42O3S/c1-23-13-6-5-9-18(23)16-21(25)22-19-11-10-17(8-4-3-7-15-28(26)27)24(19,2)14-12-20(22)23/h17-22,25H,3-16H2,1-2H3,(H,26,27). The van der Waals surface area contributed by atoms with Crippen molar-refractivity contribution in [1.29, 1.82) is 0 Å². The summed E-state index contributed by atoms with van der Waals surface area (Å²) in [4.78, 5) is 0. The maximum absolute atomic E-state index is 11.3. The van der Waals surface area contributed by atoms with Crippen molar-refractivity contribution >= 4 is 11.1 Å². The lowest BCUT2D eigenvalue weighted by atomic mass is 9.44. The van der Waals surface area contributed by atoms with E-state index in [2.05, 4.69) is 13.8 Å². The van der Waals surface area contributed by atoms with Gasteiger partial charge in [0.05, 0.1) is 6.10 Å². The Bertz CT molecular complexity index is 580. The van der Waals surface area contributed by atoms with Gasteiger partial charge >= 0.3 is 0 Å². The van der Waals surface area contributed by atoms with Crippen molar-refractivity contribution in [3.8, 4) is 0 Å². The average molecular weight is 411 g/mol. The number of aliphatic hydroxyl groups is 1. The Morgan fingerprint density at radius 2 is 1.71 bits per heavy atom. The van der Waals surface area contributed by atoms with E-state index >= 15 is 0 Å². The summed E-state index contributed by atoms with van der Waals surface area (Å²) in [6.07, 6.45) is 16.3. The summed E-state index contributed by atoms with van der Waals surface area (Å²) in [5.41, 5.74) is 0.904. The van der Waals surface area contributed by atoms with E-state index in [-0.39, 0.29) is 6.10 Å². The SMILES string of the molecule is CC12CCC3C(C(O)CC4CCCCC43C)C1CCC2CCCCCS(=O)O. The van der Waals surface area contributed by atoms with Gasteiger partial charge in [0.25, 0.3) is 0 Å². The van der Waals surface area contributed by atoms with E-state index in [0.717, 1.165) is 42.9 Å². The van der Waals surface area contributed by atoms with Crippen LogP contribution < -0.4 is 0 Å². The summed E-state index contributed by atoms with van der Waals surface area (Å²) in [7, 11) is 0. The third kappa shape index (κ3) is 3.64. The van der Waals surface area contributed by atoms with Crippen molar-refractivity contribution in [2.45, 2.75) is 103 Å². The molecule has 4 aliphatic carbocycles. The number of hydrogen-bond donors (Lipinski definition) is 2. The van der Waals surface area contributed by atoms with E-state index in [9.17, 15) is 9.32 Å². The van der Waals surface area contributed by atoms with Crippen LogP contribution in [-0.4, -0.2) is 25.7 Å². The topological polar surface area (TPSA) is 57.5 Å². The molecular formula is C24H42O3S. The third-order valence-electron chi connectivity index (χ3n) is 10.2. The lowest BCUT2D eigenvalue weighted by molar-refractivity contribution is -0.162. The van der Waals surface area contributed by atoms with Gasteiger partial charge in [-0.25, -0.2) is 4.21 Å². The molecular weight excluding hydrogens is 368 g/mol. The lowest BCUT2D eigenvalue weighted by Crippen LogP contribution is -2.57. The van der Waals surface area contributed by atoms with Crippen LogP contribution in [0.3, 0.4) is 0 Å². The fourth-order valence-electron chi connectivity index (χ4n) is 8.63. The minimum atomic E-state index is -1.63. The molecule has 0 aromatic rings. The highest BCUT2D eigenvalue weighted by Crippen LogP contribution is 2.67. The summed E-state index contributed by atoms with van der Waals surface area (Å²) >= 11 is -1.63. The summed E-state index contributed by atoms with van der Waals surface area (Å²) in [6, 6.07) is 0. The maximum atomic E-state index is 11.3. The van der Waals surface area contributed by atoms with Crippen molar-refractivity contribution < 1.29 is 13.9 Å². The molecule has 0 aliphatic heterocycles. The zero-order chi connectivity index (χ0) is 19.9. The summed E-state index contributed by atoms with van der Waals surface area (Å²) in [5, 5.41) is 11.3. The predicted octanol–water partition coefficient (Wildman–Crippen LogP) is 5.79. The molecule has 0 spiro atoms. The molecule has 4 rings (SSSR count). The molecule has 4 saturated carbocycles. The molecule has 3 nitrogen and oxygen atoms in total. The van der Waals surface area contributed by atoms with Crippen LogP contribution in [0.2, 0.25) is 0 Å². The molecule has 0 bridgehead atoms. The van der Waals surface area contributed by atoms with Gasteiger partial charge in [-0.3, -0.25) is 0 Å². The zero-order valence-corrected chi connectivity index (χ0v) is 18.9. The van der Waals surface area contributed by atoms with Gasteiger partial charge in [-0.1, -0.05) is 39.5 Å². The monoisotopic (exact) mass is 410 g/mol. The Labute approximate surface area is 174 Å². The molecule has 0 aromatic heterocycles. The number of hydrogen-bond acceptors (Lipinski definition) is 2. The first-order chi connectivity index (χ1) is 13.4. The molecule has 0 heterocycles.